The first-order valence-electron chi connectivity index (χ1n) is 8.17. The predicted molar refractivity (Wildman–Crippen MR) is 100 cm³/mol. The highest BCUT2D eigenvalue weighted by Gasteiger charge is 2.12. The molecule has 0 saturated heterocycles. The molecule has 0 aromatic heterocycles. The highest BCUT2D eigenvalue weighted by molar-refractivity contribution is 6.05. The molecule has 0 saturated carbocycles. The Kier molecular flexibility index (Phi) is 5.37. The molecule has 0 bridgehead atoms. The van der Waals surface area contributed by atoms with Crippen LogP contribution in [-0.2, 0) is 6.61 Å². The van der Waals surface area contributed by atoms with Crippen molar-refractivity contribution < 1.29 is 24.5 Å². The lowest BCUT2D eigenvalue weighted by Crippen LogP contribution is -2.12. The van der Waals surface area contributed by atoms with Gasteiger partial charge in [0.25, 0.3) is 5.91 Å². The Morgan fingerprint density at radius 2 is 1.63 bits per heavy atom. The number of carbonyl (C=O) groups is 2. The molecule has 0 aliphatic heterocycles. The summed E-state index contributed by atoms with van der Waals surface area (Å²) in [6.45, 7) is 0.428. The first-order valence-corrected chi connectivity index (χ1v) is 8.17. The van der Waals surface area contributed by atoms with E-state index >= 15 is 0 Å². The van der Waals surface area contributed by atoms with E-state index in [1.54, 1.807) is 24.3 Å². The molecule has 0 spiro atoms. The minimum atomic E-state index is -1.27. The fourth-order valence-electron chi connectivity index (χ4n) is 2.43. The lowest BCUT2D eigenvalue weighted by molar-refractivity contribution is 0.0693. The second-order valence-corrected chi connectivity index (χ2v) is 5.79. The van der Waals surface area contributed by atoms with E-state index in [1.165, 1.54) is 18.2 Å². The summed E-state index contributed by atoms with van der Waals surface area (Å²) in [5.41, 5.74) is 1.44. The molecule has 27 heavy (non-hydrogen) atoms. The minimum absolute atomic E-state index is 0.277. The van der Waals surface area contributed by atoms with E-state index in [1.807, 2.05) is 30.3 Å². The standard InChI is InChI=1S/C21H17NO5/c23-19-11-8-16(12-18(19)21(25)26)22-20(24)15-6-9-17(10-7-15)27-13-14-4-2-1-3-5-14/h1-12,23H,13H2,(H,22,24)(H,25,26). The molecule has 0 fully saturated rings. The zero-order valence-corrected chi connectivity index (χ0v) is 14.3. The van der Waals surface area contributed by atoms with Gasteiger partial charge in [-0.1, -0.05) is 30.3 Å². The van der Waals surface area contributed by atoms with Crippen LogP contribution in [0.4, 0.5) is 5.69 Å². The number of ether oxygens (including phenoxy) is 1. The number of aromatic carboxylic acids is 1. The van der Waals surface area contributed by atoms with Crippen LogP contribution in [-0.4, -0.2) is 22.1 Å². The Morgan fingerprint density at radius 1 is 0.926 bits per heavy atom. The van der Waals surface area contributed by atoms with Crippen molar-refractivity contribution >= 4 is 17.6 Å². The monoisotopic (exact) mass is 363 g/mol. The number of hydrogen-bond acceptors (Lipinski definition) is 4. The van der Waals surface area contributed by atoms with Gasteiger partial charge in [0.2, 0.25) is 0 Å². The zero-order chi connectivity index (χ0) is 19.2. The highest BCUT2D eigenvalue weighted by Crippen LogP contribution is 2.22. The van der Waals surface area contributed by atoms with Gasteiger partial charge < -0.3 is 20.3 Å². The summed E-state index contributed by atoms with van der Waals surface area (Å²) in [6.07, 6.45) is 0. The van der Waals surface area contributed by atoms with Gasteiger partial charge in [0.1, 0.15) is 23.7 Å². The number of rotatable bonds is 6. The van der Waals surface area contributed by atoms with E-state index in [0.29, 0.717) is 17.9 Å². The van der Waals surface area contributed by atoms with Gasteiger partial charge in [-0.2, -0.15) is 0 Å². The molecule has 1 amide bonds. The molecule has 3 aromatic rings. The Morgan fingerprint density at radius 3 is 2.30 bits per heavy atom. The number of anilines is 1. The van der Waals surface area contributed by atoms with Crippen LogP contribution in [0.15, 0.2) is 72.8 Å². The number of aromatic hydroxyl groups is 1. The average Bonchev–Trinajstić information content (AvgIpc) is 2.69. The van der Waals surface area contributed by atoms with Crippen LogP contribution in [0.3, 0.4) is 0 Å². The first kappa shape index (κ1) is 18.0. The second-order valence-electron chi connectivity index (χ2n) is 5.79. The van der Waals surface area contributed by atoms with Crippen molar-refractivity contribution in [3.63, 3.8) is 0 Å². The molecule has 6 heteroatoms. The molecular weight excluding hydrogens is 346 g/mol. The molecule has 0 atom stereocenters. The van der Waals surface area contributed by atoms with E-state index in [0.717, 1.165) is 5.56 Å². The summed E-state index contributed by atoms with van der Waals surface area (Å²) >= 11 is 0. The third-order valence-electron chi connectivity index (χ3n) is 3.85. The SMILES string of the molecule is O=C(Nc1ccc(O)c(C(=O)O)c1)c1ccc(OCc2ccccc2)cc1. The van der Waals surface area contributed by atoms with Crippen molar-refractivity contribution in [2.24, 2.45) is 0 Å². The Labute approximate surface area is 155 Å². The number of phenols is 1. The molecule has 3 N–H and O–H groups in total. The lowest BCUT2D eigenvalue weighted by atomic mass is 10.1. The number of nitrogens with one attached hydrogen (secondary N) is 1. The van der Waals surface area contributed by atoms with E-state index in [9.17, 15) is 14.7 Å². The van der Waals surface area contributed by atoms with E-state index in [2.05, 4.69) is 5.32 Å². The summed E-state index contributed by atoms with van der Waals surface area (Å²) in [5.74, 6) is -1.40. The van der Waals surface area contributed by atoms with Gasteiger partial charge in [-0.05, 0) is 48.0 Å². The summed E-state index contributed by atoms with van der Waals surface area (Å²) in [6, 6.07) is 20.2. The average molecular weight is 363 g/mol. The molecule has 3 rings (SSSR count). The van der Waals surface area contributed by atoms with Crippen molar-refractivity contribution in [2.75, 3.05) is 5.32 Å². The largest absolute Gasteiger partial charge is 0.507 e. The van der Waals surface area contributed by atoms with Gasteiger partial charge in [-0.15, -0.1) is 0 Å². The van der Waals surface area contributed by atoms with Crippen molar-refractivity contribution in [1.82, 2.24) is 0 Å². The summed E-state index contributed by atoms with van der Waals surface area (Å²) in [5, 5.41) is 21.1. The summed E-state index contributed by atoms with van der Waals surface area (Å²) in [4.78, 5) is 23.4. The fraction of sp³-hybridized carbons (Fsp3) is 0.0476. The van der Waals surface area contributed by atoms with Crippen LogP contribution in [0.25, 0.3) is 0 Å². The van der Waals surface area contributed by atoms with Crippen LogP contribution in [0.1, 0.15) is 26.3 Å². The van der Waals surface area contributed by atoms with Crippen LogP contribution in [0, 0.1) is 0 Å². The molecule has 0 radical (unpaired) electrons. The number of hydrogen-bond donors (Lipinski definition) is 3. The van der Waals surface area contributed by atoms with Gasteiger partial charge >= 0.3 is 5.97 Å². The quantitative estimate of drug-likeness (QED) is 0.577. The minimum Gasteiger partial charge on any atom is -0.507 e. The zero-order valence-electron chi connectivity index (χ0n) is 14.3. The maximum Gasteiger partial charge on any atom is 0.339 e. The molecule has 0 unspecified atom stereocenters. The van der Waals surface area contributed by atoms with Crippen molar-refractivity contribution in [3.8, 4) is 11.5 Å². The van der Waals surface area contributed by atoms with Crippen LogP contribution in [0.5, 0.6) is 11.5 Å². The smallest absolute Gasteiger partial charge is 0.339 e. The van der Waals surface area contributed by atoms with Crippen molar-refractivity contribution in [2.45, 2.75) is 6.61 Å². The molecule has 0 aliphatic carbocycles. The summed E-state index contributed by atoms with van der Waals surface area (Å²) in [7, 11) is 0. The Balaban J connectivity index is 1.64. The predicted octanol–water partition coefficient (Wildman–Crippen LogP) is 3.92. The topological polar surface area (TPSA) is 95.9 Å². The van der Waals surface area contributed by atoms with Crippen LogP contribution >= 0.6 is 0 Å². The van der Waals surface area contributed by atoms with Crippen LogP contribution < -0.4 is 10.1 Å². The fourth-order valence-corrected chi connectivity index (χ4v) is 2.43. The maximum atomic E-state index is 12.3. The Bertz CT molecular complexity index is 952. The highest BCUT2D eigenvalue weighted by atomic mass is 16.5. The molecule has 136 valence electrons. The third kappa shape index (κ3) is 4.64. The number of amides is 1. The number of carbonyl (C=O) groups excluding carboxylic acids is 1. The van der Waals surface area contributed by atoms with E-state index in [-0.39, 0.29) is 17.0 Å². The van der Waals surface area contributed by atoms with Crippen LogP contribution in [0.2, 0.25) is 0 Å². The maximum absolute atomic E-state index is 12.3. The lowest BCUT2D eigenvalue weighted by Gasteiger charge is -2.09. The van der Waals surface area contributed by atoms with E-state index in [4.69, 9.17) is 9.84 Å². The van der Waals surface area contributed by atoms with E-state index < -0.39 is 11.9 Å². The normalized spacial score (nSPS) is 10.2. The van der Waals surface area contributed by atoms with Crippen molar-refractivity contribution in [3.05, 3.63) is 89.5 Å². The molecular formula is C21H17NO5. The van der Waals surface area contributed by atoms with Gasteiger partial charge in [0, 0.05) is 11.3 Å². The van der Waals surface area contributed by atoms with Gasteiger partial charge in [0.15, 0.2) is 0 Å². The van der Waals surface area contributed by atoms with Crippen molar-refractivity contribution in [1.29, 1.82) is 0 Å². The number of carboxylic acids is 1. The van der Waals surface area contributed by atoms with Gasteiger partial charge in [-0.25, -0.2) is 4.79 Å². The third-order valence-corrected chi connectivity index (χ3v) is 3.85. The van der Waals surface area contributed by atoms with Gasteiger partial charge in [0.05, 0.1) is 0 Å². The number of benzene rings is 3. The molecule has 6 nitrogen and oxygen atoms in total. The first-order chi connectivity index (χ1) is 13.0. The molecule has 0 heterocycles. The number of carboxylic acid groups (broad SMARTS) is 1. The Hall–Kier alpha value is -3.80. The van der Waals surface area contributed by atoms with Gasteiger partial charge in [-0.3, -0.25) is 4.79 Å². The summed E-state index contributed by atoms with van der Waals surface area (Å²) < 4.78 is 5.68. The molecule has 0 aliphatic rings. The molecule has 3 aromatic carbocycles. The second kappa shape index (κ2) is 8.05.